The largest absolute Gasteiger partial charge is 0.379 e. The first-order chi connectivity index (χ1) is 11.7. The molecule has 7 nitrogen and oxygen atoms in total. The molecule has 144 valence electrons. The van der Waals surface area contributed by atoms with Gasteiger partial charge in [0.25, 0.3) is 0 Å². The van der Waals surface area contributed by atoms with Crippen molar-refractivity contribution in [1.29, 1.82) is 0 Å². The van der Waals surface area contributed by atoms with E-state index in [1.54, 1.807) is 7.11 Å². The van der Waals surface area contributed by atoms with Crippen LogP contribution >= 0.6 is 0 Å². The highest BCUT2D eigenvalue weighted by Gasteiger charge is 2.59. The Balaban J connectivity index is 1.76. The van der Waals surface area contributed by atoms with Gasteiger partial charge in [-0.3, -0.25) is 0 Å². The maximum absolute atomic E-state index is 10.8. The van der Waals surface area contributed by atoms with Gasteiger partial charge in [0.2, 0.25) is 0 Å². The molecule has 3 aliphatic rings. The normalized spacial score (nSPS) is 43.1. The van der Waals surface area contributed by atoms with Gasteiger partial charge in [-0.05, 0) is 34.1 Å². The molecule has 3 heterocycles. The van der Waals surface area contributed by atoms with Crippen LogP contribution in [0.5, 0.6) is 0 Å². The summed E-state index contributed by atoms with van der Waals surface area (Å²) in [6.45, 7) is 9.61. The number of aldehydes is 1. The van der Waals surface area contributed by atoms with Crippen LogP contribution in [0.25, 0.3) is 0 Å². The highest BCUT2D eigenvalue weighted by molar-refractivity contribution is 5.49. The quantitative estimate of drug-likeness (QED) is 0.673. The number of methoxy groups -OCH3 is 1. The Bertz CT molecular complexity index is 492. The van der Waals surface area contributed by atoms with E-state index in [0.717, 1.165) is 6.29 Å². The Kier molecular flexibility index (Phi) is 5.27. The molecular weight excluding hydrogens is 328 g/mol. The first-order valence-electron chi connectivity index (χ1n) is 9.00. The molecule has 0 aliphatic carbocycles. The standard InChI is InChI=1S/C18H30O7/c1-10-12(21-16-13(10)22-18(4,5)25-16)15-14(23-17(2,3)24-15)11(20-6)8-7-9-19/h9-16H,7-8H2,1-6H3/t10-,11+,12+,13-,14+,15+,16-/m1/s1. The molecule has 25 heavy (non-hydrogen) atoms. The van der Waals surface area contributed by atoms with Crippen LogP contribution in [0.15, 0.2) is 0 Å². The molecule has 0 aromatic rings. The van der Waals surface area contributed by atoms with E-state index in [9.17, 15) is 4.79 Å². The highest BCUT2D eigenvalue weighted by atomic mass is 16.8. The fraction of sp³-hybridized carbons (Fsp3) is 0.944. The zero-order valence-corrected chi connectivity index (χ0v) is 15.9. The maximum Gasteiger partial charge on any atom is 0.187 e. The lowest BCUT2D eigenvalue weighted by molar-refractivity contribution is -0.226. The van der Waals surface area contributed by atoms with Gasteiger partial charge in [0.1, 0.15) is 24.6 Å². The summed E-state index contributed by atoms with van der Waals surface area (Å²) >= 11 is 0. The number of hydrogen-bond donors (Lipinski definition) is 0. The van der Waals surface area contributed by atoms with Crippen molar-refractivity contribution in [2.45, 2.75) is 95.8 Å². The summed E-state index contributed by atoms with van der Waals surface area (Å²) in [7, 11) is 1.63. The Morgan fingerprint density at radius 3 is 2.24 bits per heavy atom. The molecule has 0 saturated carbocycles. The number of carbonyl (C=O) groups excluding carboxylic acids is 1. The average molecular weight is 358 g/mol. The van der Waals surface area contributed by atoms with Gasteiger partial charge in [0.05, 0.1) is 12.2 Å². The summed E-state index contributed by atoms with van der Waals surface area (Å²) in [6, 6.07) is 0. The summed E-state index contributed by atoms with van der Waals surface area (Å²) in [4.78, 5) is 10.8. The third-order valence-corrected chi connectivity index (χ3v) is 5.14. The van der Waals surface area contributed by atoms with Crippen LogP contribution in [0.4, 0.5) is 0 Å². The maximum atomic E-state index is 10.8. The minimum Gasteiger partial charge on any atom is -0.379 e. The molecule has 3 aliphatic heterocycles. The Morgan fingerprint density at radius 1 is 1.00 bits per heavy atom. The summed E-state index contributed by atoms with van der Waals surface area (Å²) < 4.78 is 35.9. The average Bonchev–Trinajstić information content (AvgIpc) is 3.09. The van der Waals surface area contributed by atoms with E-state index in [2.05, 4.69) is 6.92 Å². The summed E-state index contributed by atoms with van der Waals surface area (Å²) in [5, 5.41) is 0. The Labute approximate surface area is 149 Å². The van der Waals surface area contributed by atoms with E-state index in [1.807, 2.05) is 27.7 Å². The monoisotopic (exact) mass is 358 g/mol. The first-order valence-corrected chi connectivity index (χ1v) is 9.00. The van der Waals surface area contributed by atoms with E-state index >= 15 is 0 Å². The van der Waals surface area contributed by atoms with E-state index in [4.69, 9.17) is 28.4 Å². The van der Waals surface area contributed by atoms with Gasteiger partial charge in [-0.1, -0.05) is 6.92 Å². The zero-order valence-electron chi connectivity index (χ0n) is 15.9. The molecule has 3 fully saturated rings. The van der Waals surface area contributed by atoms with Gasteiger partial charge in [0, 0.05) is 19.4 Å². The number of hydrogen-bond acceptors (Lipinski definition) is 7. The summed E-state index contributed by atoms with van der Waals surface area (Å²) in [5.74, 6) is -1.30. The fourth-order valence-electron chi connectivity index (χ4n) is 4.07. The highest BCUT2D eigenvalue weighted by Crippen LogP contribution is 2.45. The molecule has 0 spiro atoms. The molecule has 0 amide bonds. The van der Waals surface area contributed by atoms with Crippen molar-refractivity contribution in [2.75, 3.05) is 7.11 Å². The molecule has 0 bridgehead atoms. The van der Waals surface area contributed by atoms with Crippen molar-refractivity contribution in [3.63, 3.8) is 0 Å². The van der Waals surface area contributed by atoms with E-state index in [-0.39, 0.29) is 36.4 Å². The van der Waals surface area contributed by atoms with Crippen LogP contribution in [0.2, 0.25) is 0 Å². The third-order valence-electron chi connectivity index (χ3n) is 5.14. The van der Waals surface area contributed by atoms with Crippen LogP contribution < -0.4 is 0 Å². The van der Waals surface area contributed by atoms with Crippen LogP contribution in [-0.2, 0) is 33.2 Å². The van der Waals surface area contributed by atoms with Crippen LogP contribution in [0.1, 0.15) is 47.5 Å². The van der Waals surface area contributed by atoms with Crippen molar-refractivity contribution in [2.24, 2.45) is 5.92 Å². The molecule has 0 aromatic heterocycles. The minimum atomic E-state index is -0.741. The van der Waals surface area contributed by atoms with Crippen molar-refractivity contribution in [3.05, 3.63) is 0 Å². The summed E-state index contributed by atoms with van der Waals surface area (Å²) in [5.41, 5.74) is 0. The topological polar surface area (TPSA) is 72.5 Å². The lowest BCUT2D eigenvalue weighted by Crippen LogP contribution is -2.46. The molecular formula is C18H30O7. The Morgan fingerprint density at radius 2 is 1.64 bits per heavy atom. The van der Waals surface area contributed by atoms with Gasteiger partial charge in [-0.25, -0.2) is 0 Å². The second-order valence-electron chi connectivity index (χ2n) is 8.01. The van der Waals surface area contributed by atoms with Crippen molar-refractivity contribution in [1.82, 2.24) is 0 Å². The van der Waals surface area contributed by atoms with Crippen molar-refractivity contribution < 1.29 is 33.2 Å². The van der Waals surface area contributed by atoms with Crippen LogP contribution in [0.3, 0.4) is 0 Å². The minimum absolute atomic E-state index is 0.0837. The predicted molar refractivity (Wildman–Crippen MR) is 87.8 cm³/mol. The lowest BCUT2D eigenvalue weighted by Gasteiger charge is -2.31. The van der Waals surface area contributed by atoms with E-state index in [0.29, 0.717) is 12.8 Å². The Hall–Kier alpha value is -0.570. The third kappa shape index (κ3) is 3.77. The van der Waals surface area contributed by atoms with Crippen molar-refractivity contribution >= 4 is 6.29 Å². The second kappa shape index (κ2) is 6.87. The molecule has 7 heteroatoms. The number of rotatable bonds is 6. The molecule has 0 N–H and O–H groups in total. The van der Waals surface area contributed by atoms with Gasteiger partial charge in [-0.2, -0.15) is 0 Å². The number of ether oxygens (including phenoxy) is 6. The van der Waals surface area contributed by atoms with Gasteiger partial charge >= 0.3 is 0 Å². The molecule has 0 aromatic carbocycles. The van der Waals surface area contributed by atoms with Crippen molar-refractivity contribution in [3.8, 4) is 0 Å². The molecule has 3 saturated heterocycles. The second-order valence-corrected chi connectivity index (χ2v) is 8.01. The lowest BCUT2D eigenvalue weighted by atomic mass is 9.91. The zero-order chi connectivity index (χ0) is 18.4. The number of carbonyl (C=O) groups is 1. The fourth-order valence-corrected chi connectivity index (χ4v) is 4.07. The smallest absolute Gasteiger partial charge is 0.187 e. The van der Waals surface area contributed by atoms with E-state index in [1.165, 1.54) is 0 Å². The molecule has 0 radical (unpaired) electrons. The van der Waals surface area contributed by atoms with Crippen LogP contribution in [-0.4, -0.2) is 61.8 Å². The first kappa shape index (κ1) is 19.2. The summed E-state index contributed by atoms with van der Waals surface area (Å²) in [6.07, 6.45) is 0.236. The van der Waals surface area contributed by atoms with Crippen LogP contribution in [0, 0.1) is 5.92 Å². The van der Waals surface area contributed by atoms with E-state index < -0.39 is 17.9 Å². The van der Waals surface area contributed by atoms with Gasteiger partial charge in [0.15, 0.2) is 17.9 Å². The van der Waals surface area contributed by atoms with Gasteiger partial charge < -0.3 is 33.2 Å². The molecule has 3 rings (SSSR count). The molecule has 7 atom stereocenters. The number of fused-ring (bicyclic) bond motifs is 1. The molecule has 0 unspecified atom stereocenters. The SMILES string of the molecule is CO[C@@H](CCC=O)[C@@H]1OC(C)(C)O[C@H]1[C@H]1O[C@@H]2OC(C)(C)O[C@@H]2[C@@H]1C. The predicted octanol–water partition coefficient (Wildman–Crippen LogP) is 2.01. The van der Waals surface area contributed by atoms with Gasteiger partial charge in [-0.15, -0.1) is 0 Å².